The molecule has 8 nitrogen and oxygen atoms in total. The Bertz CT molecular complexity index is 1440. The molecule has 1 atom stereocenters. The summed E-state index contributed by atoms with van der Waals surface area (Å²) >= 11 is 0. The number of ether oxygens (including phenoxy) is 3. The van der Waals surface area contributed by atoms with Crippen molar-refractivity contribution in [1.82, 2.24) is 4.90 Å². The van der Waals surface area contributed by atoms with Gasteiger partial charge >= 0.3 is 5.97 Å². The molecule has 1 fully saturated rings. The molecule has 0 spiro atoms. The summed E-state index contributed by atoms with van der Waals surface area (Å²) in [5, 5.41) is 11.4. The molecule has 1 unspecified atom stereocenters. The first-order valence-corrected chi connectivity index (χ1v) is 12.3. The second kappa shape index (κ2) is 10.4. The van der Waals surface area contributed by atoms with Crippen molar-refractivity contribution < 1.29 is 33.7 Å². The molecule has 0 saturated carbocycles. The molecule has 2 aliphatic rings. The summed E-state index contributed by atoms with van der Waals surface area (Å²) in [6.07, 6.45) is 1.66. The number of fused-ring (bicyclic) bond motifs is 1. The van der Waals surface area contributed by atoms with Crippen LogP contribution >= 0.6 is 0 Å². The molecule has 2 heterocycles. The number of likely N-dealkylation sites (tertiary alicyclic amines) is 1. The number of esters is 1. The van der Waals surface area contributed by atoms with E-state index in [4.69, 9.17) is 14.2 Å². The summed E-state index contributed by atoms with van der Waals surface area (Å²) in [6, 6.07) is 18.1. The van der Waals surface area contributed by atoms with Gasteiger partial charge in [0.2, 0.25) is 0 Å². The van der Waals surface area contributed by atoms with Crippen molar-refractivity contribution in [1.29, 1.82) is 0 Å². The van der Waals surface area contributed by atoms with Gasteiger partial charge in [-0.3, -0.25) is 9.59 Å². The monoisotopic (exact) mass is 513 g/mol. The Balaban J connectivity index is 1.59. The number of Topliss-reactive ketones (excluding diaryl/α,β-unsaturated/α-hetero) is 1. The number of hydrogen-bond donors (Lipinski definition) is 1. The van der Waals surface area contributed by atoms with E-state index in [2.05, 4.69) is 0 Å². The Kier molecular flexibility index (Phi) is 6.87. The first-order valence-electron chi connectivity index (χ1n) is 12.3. The van der Waals surface area contributed by atoms with Gasteiger partial charge in [0, 0.05) is 12.1 Å². The minimum absolute atomic E-state index is 0.00566. The fourth-order valence-electron chi connectivity index (χ4n) is 4.93. The number of carbonyl (C=O) groups excluding carboxylic acids is 3. The van der Waals surface area contributed by atoms with E-state index in [1.807, 2.05) is 6.07 Å². The SMILES string of the molecule is COC(=O)c1ccc(CN2C(=O)C(=O)/C(=C(\O)c3ccc4c(c3)CCCO4)C2c2cccc(OC)c2)cc1. The third kappa shape index (κ3) is 4.61. The van der Waals surface area contributed by atoms with Gasteiger partial charge in [0.15, 0.2) is 0 Å². The molecule has 1 N–H and O–H groups in total. The highest BCUT2D eigenvalue weighted by Crippen LogP contribution is 2.41. The van der Waals surface area contributed by atoms with E-state index in [-0.39, 0.29) is 17.9 Å². The fourth-order valence-corrected chi connectivity index (χ4v) is 4.93. The van der Waals surface area contributed by atoms with Crippen molar-refractivity contribution in [3.8, 4) is 11.5 Å². The number of carbonyl (C=O) groups is 3. The number of aliphatic hydroxyl groups is 1. The zero-order valence-electron chi connectivity index (χ0n) is 21.1. The minimum Gasteiger partial charge on any atom is -0.507 e. The van der Waals surface area contributed by atoms with Gasteiger partial charge in [-0.15, -0.1) is 0 Å². The lowest BCUT2D eigenvalue weighted by Gasteiger charge is -2.26. The van der Waals surface area contributed by atoms with Crippen LogP contribution in [0.25, 0.3) is 5.76 Å². The van der Waals surface area contributed by atoms with Gasteiger partial charge in [-0.2, -0.15) is 0 Å². The molecule has 3 aromatic carbocycles. The van der Waals surface area contributed by atoms with Crippen LogP contribution in [-0.2, 0) is 27.3 Å². The van der Waals surface area contributed by atoms with Crippen LogP contribution in [0.1, 0.15) is 45.1 Å². The summed E-state index contributed by atoms with van der Waals surface area (Å²) in [4.78, 5) is 40.0. The highest BCUT2D eigenvalue weighted by atomic mass is 16.5. The lowest BCUT2D eigenvalue weighted by atomic mass is 9.93. The molecule has 0 aliphatic carbocycles. The Morgan fingerprint density at radius 3 is 2.53 bits per heavy atom. The van der Waals surface area contributed by atoms with Crippen LogP contribution in [0.5, 0.6) is 11.5 Å². The molecule has 38 heavy (non-hydrogen) atoms. The Morgan fingerprint density at radius 2 is 1.79 bits per heavy atom. The largest absolute Gasteiger partial charge is 0.507 e. The molecule has 0 aromatic heterocycles. The highest BCUT2D eigenvalue weighted by molar-refractivity contribution is 6.46. The van der Waals surface area contributed by atoms with E-state index in [0.29, 0.717) is 34.6 Å². The van der Waals surface area contributed by atoms with Crippen molar-refractivity contribution in [3.63, 3.8) is 0 Å². The van der Waals surface area contributed by atoms with Crippen molar-refractivity contribution >= 4 is 23.4 Å². The lowest BCUT2D eigenvalue weighted by Crippen LogP contribution is -2.29. The van der Waals surface area contributed by atoms with E-state index in [1.165, 1.54) is 19.1 Å². The van der Waals surface area contributed by atoms with Crippen molar-refractivity contribution in [2.75, 3.05) is 20.8 Å². The molecule has 3 aromatic rings. The van der Waals surface area contributed by atoms with E-state index in [0.717, 1.165) is 24.2 Å². The van der Waals surface area contributed by atoms with Gasteiger partial charge in [-0.25, -0.2) is 4.79 Å². The first-order chi connectivity index (χ1) is 18.4. The topological polar surface area (TPSA) is 102 Å². The fraction of sp³-hybridized carbons (Fsp3) is 0.233. The molecule has 2 aliphatic heterocycles. The third-order valence-corrected chi connectivity index (χ3v) is 6.86. The third-order valence-electron chi connectivity index (χ3n) is 6.86. The number of methoxy groups -OCH3 is 2. The molecule has 0 radical (unpaired) electrons. The Labute approximate surface area is 220 Å². The quantitative estimate of drug-likeness (QED) is 0.225. The second-order valence-electron chi connectivity index (χ2n) is 9.17. The maximum absolute atomic E-state index is 13.4. The summed E-state index contributed by atoms with van der Waals surface area (Å²) in [5.41, 5.74) is 3.10. The van der Waals surface area contributed by atoms with Gasteiger partial charge < -0.3 is 24.2 Å². The van der Waals surface area contributed by atoms with E-state index >= 15 is 0 Å². The zero-order chi connectivity index (χ0) is 26.8. The van der Waals surface area contributed by atoms with E-state index < -0.39 is 23.7 Å². The first kappa shape index (κ1) is 25.1. The molecule has 1 saturated heterocycles. The number of rotatable bonds is 6. The average molecular weight is 514 g/mol. The van der Waals surface area contributed by atoms with E-state index in [1.54, 1.807) is 60.7 Å². The van der Waals surface area contributed by atoms with E-state index in [9.17, 15) is 19.5 Å². The van der Waals surface area contributed by atoms with Crippen molar-refractivity contribution in [2.24, 2.45) is 0 Å². The number of aliphatic hydroxyl groups excluding tert-OH is 1. The minimum atomic E-state index is -0.849. The van der Waals surface area contributed by atoms with Crippen molar-refractivity contribution in [2.45, 2.75) is 25.4 Å². The molecule has 0 bridgehead atoms. The number of benzene rings is 3. The highest BCUT2D eigenvalue weighted by Gasteiger charge is 2.46. The van der Waals surface area contributed by atoms with Gasteiger partial charge in [-0.1, -0.05) is 24.3 Å². The van der Waals surface area contributed by atoms with Gasteiger partial charge in [-0.05, 0) is 72.0 Å². The van der Waals surface area contributed by atoms with Crippen LogP contribution in [0.15, 0.2) is 72.3 Å². The predicted molar refractivity (Wildman–Crippen MR) is 139 cm³/mol. The number of amides is 1. The second-order valence-corrected chi connectivity index (χ2v) is 9.17. The summed E-state index contributed by atoms with van der Waals surface area (Å²) < 4.78 is 15.8. The molecule has 5 rings (SSSR count). The van der Waals surface area contributed by atoms with Gasteiger partial charge in [0.05, 0.1) is 38.0 Å². The number of nitrogens with zero attached hydrogens (tertiary/aromatic N) is 1. The normalized spacial score (nSPS) is 18.1. The maximum atomic E-state index is 13.4. The van der Waals surface area contributed by atoms with Gasteiger partial charge in [0.1, 0.15) is 17.3 Å². The van der Waals surface area contributed by atoms with Gasteiger partial charge in [0.25, 0.3) is 11.7 Å². The van der Waals surface area contributed by atoms with Crippen LogP contribution in [0.4, 0.5) is 0 Å². The zero-order valence-corrected chi connectivity index (χ0v) is 21.1. The molecular weight excluding hydrogens is 486 g/mol. The molecule has 8 heteroatoms. The number of ketones is 1. The molecular formula is C30H27NO7. The lowest BCUT2D eigenvalue weighted by molar-refractivity contribution is -0.140. The smallest absolute Gasteiger partial charge is 0.337 e. The number of hydrogen-bond acceptors (Lipinski definition) is 7. The molecule has 194 valence electrons. The standard InChI is InChI=1S/C30H27NO7/c1-36-23-7-3-5-21(16-23)26-25(27(32)22-12-13-24-20(15-22)6-4-14-38-24)28(33)29(34)31(26)17-18-8-10-19(11-9-18)30(35)37-2/h3,5,7-13,15-16,26,32H,4,6,14,17H2,1-2H3/b27-25-. The predicted octanol–water partition coefficient (Wildman–Crippen LogP) is 4.43. The summed E-state index contributed by atoms with van der Waals surface area (Å²) in [7, 11) is 2.84. The average Bonchev–Trinajstić information content (AvgIpc) is 3.21. The Hall–Kier alpha value is -4.59. The summed E-state index contributed by atoms with van der Waals surface area (Å²) in [5.74, 6) is -0.889. The van der Waals surface area contributed by atoms with Crippen LogP contribution in [0.2, 0.25) is 0 Å². The summed E-state index contributed by atoms with van der Waals surface area (Å²) in [6.45, 7) is 0.725. The van der Waals surface area contributed by atoms with Crippen LogP contribution < -0.4 is 9.47 Å². The van der Waals surface area contributed by atoms with Crippen molar-refractivity contribution in [3.05, 3.63) is 100 Å². The van der Waals surface area contributed by atoms with Crippen LogP contribution in [-0.4, -0.2) is 48.5 Å². The maximum Gasteiger partial charge on any atom is 0.337 e. The van der Waals surface area contributed by atoms with Crippen LogP contribution in [0.3, 0.4) is 0 Å². The number of aryl methyl sites for hydroxylation is 1. The molecule has 1 amide bonds. The van der Waals surface area contributed by atoms with Crippen LogP contribution in [0, 0.1) is 0 Å². The Morgan fingerprint density at radius 1 is 1.03 bits per heavy atom.